The summed E-state index contributed by atoms with van der Waals surface area (Å²) in [6, 6.07) is 17.7. The van der Waals surface area contributed by atoms with Crippen molar-refractivity contribution in [2.45, 2.75) is 44.8 Å². The maximum Gasteiger partial charge on any atom is 0.318 e. The van der Waals surface area contributed by atoms with Gasteiger partial charge in [-0.1, -0.05) is 35.9 Å². The molecule has 0 saturated carbocycles. The Bertz CT molecular complexity index is 1380. The number of benzene rings is 2. The Morgan fingerprint density at radius 1 is 1.03 bits per heavy atom. The highest BCUT2D eigenvalue weighted by atomic mass is 35.5. The number of halogens is 2. The van der Waals surface area contributed by atoms with Crippen LogP contribution in [0.4, 0.5) is 9.18 Å². The molecular weight excluding hydrogens is 481 g/mol. The number of thiophene rings is 1. The van der Waals surface area contributed by atoms with Gasteiger partial charge in [-0.05, 0) is 78.8 Å². The number of fused-ring (bicyclic) bond motifs is 5. The number of carbonyl (C=O) groups is 1. The minimum Gasteiger partial charge on any atom is -0.334 e. The van der Waals surface area contributed by atoms with Crippen LogP contribution >= 0.6 is 22.9 Å². The van der Waals surface area contributed by atoms with Gasteiger partial charge >= 0.3 is 6.03 Å². The first-order chi connectivity index (χ1) is 17.1. The molecule has 1 atom stereocenters. The van der Waals surface area contributed by atoms with Crippen molar-refractivity contribution in [3.8, 4) is 5.00 Å². The SMILES string of the molecule is O=C(NCc1ccc(F)cc1)N1Cc2c(sc3c2CCCC3)-n2cccc2[C@@H]1c1ccc(Cl)cc1. The van der Waals surface area contributed by atoms with Crippen LogP contribution in [0.3, 0.4) is 0 Å². The third-order valence-corrected chi connectivity index (χ3v) is 8.57. The van der Waals surface area contributed by atoms with Crippen molar-refractivity contribution in [3.05, 3.63) is 111 Å². The molecule has 178 valence electrons. The predicted octanol–water partition coefficient (Wildman–Crippen LogP) is 7.02. The van der Waals surface area contributed by atoms with Crippen LogP contribution in [0.1, 0.15) is 51.7 Å². The number of hydrogen-bond acceptors (Lipinski definition) is 2. The van der Waals surface area contributed by atoms with E-state index in [0.29, 0.717) is 18.1 Å². The van der Waals surface area contributed by atoms with Crippen LogP contribution in [0.15, 0.2) is 66.9 Å². The Hall–Kier alpha value is -3.09. The molecule has 0 bridgehead atoms. The van der Waals surface area contributed by atoms with Gasteiger partial charge in [-0.25, -0.2) is 9.18 Å². The third kappa shape index (κ3) is 4.15. The molecular formula is C28H25ClFN3OS. The second-order valence-corrected chi connectivity index (χ2v) is 10.7. The molecule has 2 amide bonds. The fourth-order valence-corrected chi connectivity index (χ4v) is 6.79. The van der Waals surface area contributed by atoms with Crippen LogP contribution in [0.5, 0.6) is 0 Å². The van der Waals surface area contributed by atoms with E-state index in [1.807, 2.05) is 40.5 Å². The van der Waals surface area contributed by atoms with E-state index < -0.39 is 0 Å². The van der Waals surface area contributed by atoms with Crippen LogP contribution in [-0.4, -0.2) is 15.5 Å². The highest BCUT2D eigenvalue weighted by molar-refractivity contribution is 7.15. The molecule has 0 spiro atoms. The second-order valence-electron chi connectivity index (χ2n) is 9.16. The fraction of sp³-hybridized carbons (Fsp3) is 0.250. The second kappa shape index (κ2) is 9.17. The van der Waals surface area contributed by atoms with Gasteiger partial charge in [0, 0.05) is 28.2 Å². The van der Waals surface area contributed by atoms with Gasteiger partial charge < -0.3 is 14.8 Å². The minimum absolute atomic E-state index is 0.148. The van der Waals surface area contributed by atoms with Crippen LogP contribution in [0.25, 0.3) is 5.00 Å². The van der Waals surface area contributed by atoms with E-state index in [-0.39, 0.29) is 17.9 Å². The van der Waals surface area contributed by atoms with Crippen LogP contribution in [-0.2, 0) is 25.9 Å². The average molecular weight is 506 g/mol. The first-order valence-corrected chi connectivity index (χ1v) is 13.1. The number of nitrogens with one attached hydrogen (secondary N) is 1. The monoisotopic (exact) mass is 505 g/mol. The van der Waals surface area contributed by atoms with Gasteiger partial charge in [0.05, 0.1) is 18.3 Å². The average Bonchev–Trinajstić information content (AvgIpc) is 3.46. The zero-order valence-electron chi connectivity index (χ0n) is 19.1. The summed E-state index contributed by atoms with van der Waals surface area (Å²) in [5.74, 6) is -0.286. The molecule has 0 fully saturated rings. The minimum atomic E-state index is -0.286. The molecule has 6 rings (SSSR count). The highest BCUT2D eigenvalue weighted by Crippen LogP contribution is 2.44. The van der Waals surface area contributed by atoms with E-state index in [1.54, 1.807) is 12.1 Å². The molecule has 4 aromatic rings. The van der Waals surface area contributed by atoms with Gasteiger partial charge in [0.1, 0.15) is 10.8 Å². The standard InChI is InChI=1S/C28H25ClFN3OS/c29-20-11-9-19(10-12-20)26-24-5-3-15-32(24)27-23(22-4-1-2-6-25(22)35-27)17-33(26)28(34)31-16-18-7-13-21(30)14-8-18/h3,5,7-15,26H,1-2,4,6,16-17H2,(H,31,34)/t26-/m0/s1. The van der Waals surface area contributed by atoms with Crippen LogP contribution in [0, 0.1) is 5.82 Å². The van der Waals surface area contributed by atoms with Crippen molar-refractivity contribution < 1.29 is 9.18 Å². The van der Waals surface area contributed by atoms with Gasteiger partial charge in [0.15, 0.2) is 0 Å². The highest BCUT2D eigenvalue weighted by Gasteiger charge is 2.36. The fourth-order valence-electron chi connectivity index (χ4n) is 5.26. The third-order valence-electron chi connectivity index (χ3n) is 6.98. The van der Waals surface area contributed by atoms with Crippen molar-refractivity contribution in [2.24, 2.45) is 0 Å². The zero-order chi connectivity index (χ0) is 23.9. The summed E-state index contributed by atoms with van der Waals surface area (Å²) in [6.07, 6.45) is 6.70. The van der Waals surface area contributed by atoms with Crippen LogP contribution < -0.4 is 5.32 Å². The summed E-state index contributed by atoms with van der Waals surface area (Å²) in [4.78, 5) is 17.2. The van der Waals surface area contributed by atoms with Crippen molar-refractivity contribution >= 4 is 29.0 Å². The largest absolute Gasteiger partial charge is 0.334 e. The predicted molar refractivity (Wildman–Crippen MR) is 138 cm³/mol. The van der Waals surface area contributed by atoms with E-state index in [0.717, 1.165) is 29.7 Å². The topological polar surface area (TPSA) is 37.3 Å². The van der Waals surface area contributed by atoms with E-state index in [4.69, 9.17) is 11.6 Å². The summed E-state index contributed by atoms with van der Waals surface area (Å²) in [5.41, 5.74) is 5.60. The number of hydrogen-bond donors (Lipinski definition) is 1. The normalized spacial score (nSPS) is 16.7. The lowest BCUT2D eigenvalue weighted by molar-refractivity contribution is 0.180. The van der Waals surface area contributed by atoms with Crippen molar-refractivity contribution in [2.75, 3.05) is 0 Å². The van der Waals surface area contributed by atoms with E-state index in [2.05, 4.69) is 28.2 Å². The van der Waals surface area contributed by atoms with Gasteiger partial charge in [0.25, 0.3) is 0 Å². The molecule has 4 nitrogen and oxygen atoms in total. The Morgan fingerprint density at radius 2 is 1.80 bits per heavy atom. The first kappa shape index (κ1) is 22.4. The number of rotatable bonds is 3. The molecule has 2 aliphatic rings. The van der Waals surface area contributed by atoms with Crippen molar-refractivity contribution in [3.63, 3.8) is 0 Å². The summed E-state index contributed by atoms with van der Waals surface area (Å²) >= 11 is 8.07. The molecule has 2 aromatic heterocycles. The van der Waals surface area contributed by atoms with Crippen molar-refractivity contribution in [1.82, 2.24) is 14.8 Å². The molecule has 1 aliphatic heterocycles. The molecule has 35 heavy (non-hydrogen) atoms. The summed E-state index contributed by atoms with van der Waals surface area (Å²) < 4.78 is 15.6. The molecule has 1 N–H and O–H groups in total. The van der Waals surface area contributed by atoms with Gasteiger partial charge in [-0.3, -0.25) is 0 Å². The molecule has 2 aromatic carbocycles. The molecule has 1 aliphatic carbocycles. The van der Waals surface area contributed by atoms with Gasteiger partial charge in [-0.15, -0.1) is 11.3 Å². The number of nitrogens with zero attached hydrogens (tertiary/aromatic N) is 2. The number of carbonyl (C=O) groups excluding carboxylic acids is 1. The number of urea groups is 1. The lowest BCUT2D eigenvalue weighted by Gasteiger charge is -2.31. The summed E-state index contributed by atoms with van der Waals surface area (Å²) in [6.45, 7) is 0.865. The zero-order valence-corrected chi connectivity index (χ0v) is 20.7. The van der Waals surface area contributed by atoms with E-state index in [9.17, 15) is 9.18 Å². The lowest BCUT2D eigenvalue weighted by Crippen LogP contribution is -2.41. The summed E-state index contributed by atoms with van der Waals surface area (Å²) in [5, 5.41) is 4.98. The number of aromatic nitrogens is 1. The number of amides is 2. The van der Waals surface area contributed by atoms with Crippen molar-refractivity contribution in [1.29, 1.82) is 0 Å². The quantitative estimate of drug-likeness (QED) is 0.319. The maximum absolute atomic E-state index is 13.8. The lowest BCUT2D eigenvalue weighted by atomic mass is 9.95. The molecule has 0 radical (unpaired) electrons. The Kier molecular flexibility index (Phi) is 5.86. The number of aryl methyl sites for hydroxylation is 1. The molecule has 0 saturated heterocycles. The molecule has 3 heterocycles. The Labute approximate surface area is 213 Å². The smallest absolute Gasteiger partial charge is 0.318 e. The van der Waals surface area contributed by atoms with E-state index >= 15 is 0 Å². The van der Waals surface area contributed by atoms with Gasteiger partial charge in [-0.2, -0.15) is 0 Å². The van der Waals surface area contributed by atoms with E-state index in [1.165, 1.54) is 46.0 Å². The Balaban J connectivity index is 1.42. The maximum atomic E-state index is 13.8. The van der Waals surface area contributed by atoms with Crippen LogP contribution in [0.2, 0.25) is 5.02 Å². The molecule has 0 unspecified atom stereocenters. The Morgan fingerprint density at radius 3 is 2.60 bits per heavy atom. The molecule has 7 heteroatoms. The first-order valence-electron chi connectivity index (χ1n) is 11.9. The van der Waals surface area contributed by atoms with Gasteiger partial charge in [0.2, 0.25) is 0 Å². The summed E-state index contributed by atoms with van der Waals surface area (Å²) in [7, 11) is 0.